The number of hydrogen-bond donors (Lipinski definition) is 5. The second kappa shape index (κ2) is 19.1. The zero-order chi connectivity index (χ0) is 35.5. The molecule has 0 aromatic rings. The Morgan fingerprint density at radius 3 is 2.11 bits per heavy atom. The van der Waals surface area contributed by atoms with Crippen molar-refractivity contribution >= 4 is 5.97 Å². The first-order chi connectivity index (χ1) is 21.3. The van der Waals surface area contributed by atoms with Crippen molar-refractivity contribution in [3.8, 4) is 0 Å². The number of methoxy groups -OCH3 is 3. The Bertz CT molecular complexity index is 1070. The number of aliphatic hydroxyl groups excluding tert-OH is 4. The third kappa shape index (κ3) is 11.6. The van der Waals surface area contributed by atoms with E-state index in [1.165, 1.54) is 21.3 Å². The summed E-state index contributed by atoms with van der Waals surface area (Å²) in [5, 5.41) is 55.3. The van der Waals surface area contributed by atoms with Crippen LogP contribution < -0.4 is 0 Å². The number of rotatable bonds is 17. The molecule has 0 aliphatic carbocycles. The summed E-state index contributed by atoms with van der Waals surface area (Å²) in [6.45, 7) is 16.8. The van der Waals surface area contributed by atoms with Gasteiger partial charge < -0.3 is 44.5 Å². The van der Waals surface area contributed by atoms with E-state index in [1.54, 1.807) is 32.1 Å². The molecule has 266 valence electrons. The highest BCUT2D eigenvalue weighted by Crippen LogP contribution is 2.41. The summed E-state index contributed by atoms with van der Waals surface area (Å²) in [5.41, 5.74) is 1.78. The van der Waals surface area contributed by atoms with E-state index in [-0.39, 0.29) is 42.0 Å². The Hall–Kier alpha value is -2.05. The van der Waals surface area contributed by atoms with Crippen molar-refractivity contribution in [1.82, 2.24) is 0 Å². The van der Waals surface area contributed by atoms with Crippen molar-refractivity contribution in [2.75, 3.05) is 21.3 Å². The molecule has 1 heterocycles. The molecule has 0 unspecified atom stereocenters. The zero-order valence-electron chi connectivity index (χ0n) is 30.0. The Kier molecular flexibility index (Phi) is 17.4. The van der Waals surface area contributed by atoms with Crippen LogP contribution in [0.2, 0.25) is 0 Å². The van der Waals surface area contributed by atoms with Gasteiger partial charge in [-0.1, -0.05) is 83.9 Å². The Balaban J connectivity index is 2.89. The van der Waals surface area contributed by atoms with Gasteiger partial charge in [-0.05, 0) is 38.2 Å². The van der Waals surface area contributed by atoms with Crippen molar-refractivity contribution in [2.45, 2.75) is 118 Å². The SMILES string of the molecule is COC(=O)/C(=C/C(C)=C/[C@@H](C)[C@@H](O)[C@@H](C)C/C(C)=C/C=C/[C@H](OC)[C@H](O)[C@@H](C)[C@@H](O)[C@H](C)[C@@]1(O)C[C@@H](O)[C@H](C)[C@@H](C(C)C)O1)OC. The normalized spacial score (nSPS) is 28.7. The van der Waals surface area contributed by atoms with Crippen molar-refractivity contribution in [1.29, 1.82) is 0 Å². The van der Waals surface area contributed by atoms with Gasteiger partial charge in [0, 0.05) is 37.2 Å². The van der Waals surface area contributed by atoms with Crippen LogP contribution in [-0.2, 0) is 23.7 Å². The molecule has 5 N–H and O–H groups in total. The third-order valence-electron chi connectivity index (χ3n) is 9.47. The number of aliphatic hydroxyl groups is 5. The molecule has 1 fully saturated rings. The van der Waals surface area contributed by atoms with Gasteiger partial charge in [0.15, 0.2) is 5.79 Å². The molecule has 0 saturated carbocycles. The molecule has 1 saturated heterocycles. The van der Waals surface area contributed by atoms with Gasteiger partial charge in [-0.15, -0.1) is 0 Å². The average molecular weight is 655 g/mol. The largest absolute Gasteiger partial charge is 0.490 e. The van der Waals surface area contributed by atoms with E-state index in [4.69, 9.17) is 18.9 Å². The number of hydrogen-bond acceptors (Lipinski definition) is 10. The van der Waals surface area contributed by atoms with E-state index >= 15 is 0 Å². The summed E-state index contributed by atoms with van der Waals surface area (Å²) < 4.78 is 21.4. The fourth-order valence-corrected chi connectivity index (χ4v) is 6.30. The van der Waals surface area contributed by atoms with E-state index in [0.717, 1.165) is 11.1 Å². The molecule has 1 aliphatic rings. The topological polar surface area (TPSA) is 155 Å². The lowest BCUT2D eigenvalue weighted by atomic mass is 9.76. The number of ether oxygens (including phenoxy) is 4. The molecular weight excluding hydrogens is 592 g/mol. The second-order valence-electron chi connectivity index (χ2n) is 13.7. The number of allylic oxidation sites excluding steroid dienone is 5. The fourth-order valence-electron chi connectivity index (χ4n) is 6.30. The van der Waals surface area contributed by atoms with Crippen LogP contribution in [0, 0.1) is 35.5 Å². The van der Waals surface area contributed by atoms with Crippen molar-refractivity contribution in [2.24, 2.45) is 35.5 Å². The van der Waals surface area contributed by atoms with E-state index in [2.05, 4.69) is 0 Å². The van der Waals surface area contributed by atoms with E-state index in [0.29, 0.717) is 6.42 Å². The predicted molar refractivity (Wildman–Crippen MR) is 178 cm³/mol. The standard InChI is InChI=1S/C36H62O10/c1-20(2)34-25(7)28(37)19-36(42,46-34)27(9)32(39)26(8)33(40)29(43-10)15-13-14-21(3)16-23(5)31(38)24(6)17-22(4)18-30(44-11)35(41)45-12/h13-15,17-18,20,23-29,31-34,37-40,42H,16,19H2,1-12H3/b15-13+,21-14+,22-17+,30-18-/t23-,24+,25-,26-,27-,28+,29-,31-,32+,33+,34+,36+/m0/s1. The van der Waals surface area contributed by atoms with Gasteiger partial charge in [0.2, 0.25) is 5.76 Å². The molecule has 12 atom stereocenters. The van der Waals surface area contributed by atoms with Crippen molar-refractivity contribution < 1.29 is 49.3 Å². The molecule has 10 nitrogen and oxygen atoms in total. The summed E-state index contributed by atoms with van der Waals surface area (Å²) in [7, 11) is 4.16. The minimum absolute atomic E-state index is 0.0287. The molecule has 0 radical (unpaired) electrons. The molecule has 46 heavy (non-hydrogen) atoms. The zero-order valence-corrected chi connectivity index (χ0v) is 30.0. The lowest BCUT2D eigenvalue weighted by molar-refractivity contribution is -0.328. The first-order valence-corrected chi connectivity index (χ1v) is 16.4. The maximum atomic E-state index is 11.8. The lowest BCUT2D eigenvalue weighted by Crippen LogP contribution is -2.59. The highest BCUT2D eigenvalue weighted by atomic mass is 16.6. The second-order valence-corrected chi connectivity index (χ2v) is 13.7. The Labute approximate surface area is 276 Å². The van der Waals surface area contributed by atoms with Crippen LogP contribution in [0.5, 0.6) is 0 Å². The van der Waals surface area contributed by atoms with Gasteiger partial charge in [0.1, 0.15) is 6.10 Å². The third-order valence-corrected chi connectivity index (χ3v) is 9.47. The van der Waals surface area contributed by atoms with Crippen LogP contribution in [0.15, 0.2) is 47.3 Å². The van der Waals surface area contributed by atoms with Crippen LogP contribution in [0.25, 0.3) is 0 Å². The van der Waals surface area contributed by atoms with Gasteiger partial charge in [-0.2, -0.15) is 0 Å². The molecule has 0 amide bonds. The maximum absolute atomic E-state index is 11.8. The summed E-state index contributed by atoms with van der Waals surface area (Å²) in [6, 6.07) is 0. The summed E-state index contributed by atoms with van der Waals surface area (Å²) in [4.78, 5) is 11.8. The molecule has 0 spiro atoms. The molecule has 10 heteroatoms. The Morgan fingerprint density at radius 1 is 0.978 bits per heavy atom. The molecular formula is C36H62O10. The Morgan fingerprint density at radius 2 is 1.59 bits per heavy atom. The first kappa shape index (κ1) is 42.0. The van der Waals surface area contributed by atoms with E-state index < -0.39 is 54.1 Å². The predicted octanol–water partition coefficient (Wildman–Crippen LogP) is 4.30. The fraction of sp³-hybridized carbons (Fsp3) is 0.750. The van der Waals surface area contributed by atoms with Crippen LogP contribution in [-0.4, -0.2) is 95.2 Å². The van der Waals surface area contributed by atoms with Crippen LogP contribution in [0.1, 0.15) is 75.2 Å². The summed E-state index contributed by atoms with van der Waals surface area (Å²) in [5.74, 6) is -4.06. The van der Waals surface area contributed by atoms with Gasteiger partial charge >= 0.3 is 5.97 Å². The van der Waals surface area contributed by atoms with Gasteiger partial charge in [-0.3, -0.25) is 0 Å². The number of carbonyl (C=O) groups is 1. The van der Waals surface area contributed by atoms with E-state index in [9.17, 15) is 30.3 Å². The minimum Gasteiger partial charge on any atom is -0.490 e. The monoisotopic (exact) mass is 654 g/mol. The van der Waals surface area contributed by atoms with Crippen LogP contribution >= 0.6 is 0 Å². The molecule has 1 aliphatic heterocycles. The summed E-state index contributed by atoms with van der Waals surface area (Å²) in [6.07, 6.45) is 4.69. The smallest absolute Gasteiger partial charge is 0.373 e. The molecule has 0 aromatic heterocycles. The van der Waals surface area contributed by atoms with Crippen molar-refractivity contribution in [3.05, 3.63) is 47.3 Å². The number of esters is 1. The quantitative estimate of drug-likeness (QED) is 0.0664. The lowest BCUT2D eigenvalue weighted by Gasteiger charge is -2.49. The van der Waals surface area contributed by atoms with E-state index in [1.807, 2.05) is 60.6 Å². The first-order valence-electron chi connectivity index (χ1n) is 16.4. The van der Waals surface area contributed by atoms with Crippen LogP contribution in [0.4, 0.5) is 0 Å². The molecule has 0 aromatic carbocycles. The van der Waals surface area contributed by atoms with Gasteiger partial charge in [-0.25, -0.2) is 4.79 Å². The van der Waals surface area contributed by atoms with Crippen molar-refractivity contribution in [3.63, 3.8) is 0 Å². The molecule has 0 bridgehead atoms. The highest BCUT2D eigenvalue weighted by molar-refractivity contribution is 5.86. The van der Waals surface area contributed by atoms with Gasteiger partial charge in [0.05, 0.1) is 44.7 Å². The number of carbonyl (C=O) groups excluding carboxylic acids is 1. The highest BCUT2D eigenvalue weighted by Gasteiger charge is 2.51. The molecule has 1 rings (SSSR count). The maximum Gasteiger partial charge on any atom is 0.373 e. The van der Waals surface area contributed by atoms with Crippen LogP contribution in [0.3, 0.4) is 0 Å². The van der Waals surface area contributed by atoms with Gasteiger partial charge in [0.25, 0.3) is 0 Å². The average Bonchev–Trinajstić information content (AvgIpc) is 3.01. The summed E-state index contributed by atoms with van der Waals surface area (Å²) >= 11 is 0. The minimum atomic E-state index is -1.74.